The van der Waals surface area contributed by atoms with Gasteiger partial charge in [-0.3, -0.25) is 4.57 Å². The highest BCUT2D eigenvalue weighted by Gasteiger charge is 2.04. The molecule has 1 heterocycles. The van der Waals surface area contributed by atoms with Crippen LogP contribution < -0.4 is 0 Å². The first-order valence-corrected chi connectivity index (χ1v) is 6.14. The summed E-state index contributed by atoms with van der Waals surface area (Å²) in [6, 6.07) is 8.30. The van der Waals surface area contributed by atoms with Crippen molar-refractivity contribution in [2.75, 3.05) is 12.4 Å². The molecule has 0 aliphatic carbocycles. The lowest BCUT2D eigenvalue weighted by Crippen LogP contribution is -1.96. The fraction of sp³-hybridized carbons (Fsp3) is 0.250. The average molecular weight is 234 g/mol. The molecule has 84 valence electrons. The van der Waals surface area contributed by atoms with Gasteiger partial charge in [-0.25, -0.2) is 4.98 Å². The molecule has 0 saturated carbocycles. The molecule has 1 N–H and O–H groups in total. The van der Waals surface area contributed by atoms with Gasteiger partial charge in [-0.15, -0.1) is 0 Å². The predicted molar refractivity (Wildman–Crippen MR) is 66.1 cm³/mol. The summed E-state index contributed by atoms with van der Waals surface area (Å²) in [6.07, 6.45) is 3.71. The second-order valence-corrected chi connectivity index (χ2v) is 4.55. The Balaban J connectivity index is 2.26. The van der Waals surface area contributed by atoms with Gasteiger partial charge in [-0.2, -0.15) is 0 Å². The zero-order valence-corrected chi connectivity index (χ0v) is 9.94. The smallest absolute Gasteiger partial charge is 0.172 e. The minimum atomic E-state index is 0.172. The van der Waals surface area contributed by atoms with E-state index in [1.54, 1.807) is 18.0 Å². The Morgan fingerprint density at radius 2 is 2.06 bits per heavy atom. The molecule has 0 aliphatic heterocycles. The Hall–Kier alpha value is -1.26. The minimum absolute atomic E-state index is 0.172. The molecule has 0 aliphatic rings. The highest BCUT2D eigenvalue weighted by molar-refractivity contribution is 7.99. The lowest BCUT2D eigenvalue weighted by Gasteiger charge is -2.06. The van der Waals surface area contributed by atoms with Gasteiger partial charge in [0.05, 0.1) is 6.61 Å². The number of hydrogen-bond acceptors (Lipinski definition) is 3. The van der Waals surface area contributed by atoms with Crippen molar-refractivity contribution in [2.24, 2.45) is 0 Å². The third-order valence-electron chi connectivity index (χ3n) is 2.24. The van der Waals surface area contributed by atoms with Gasteiger partial charge in [0.15, 0.2) is 5.16 Å². The second kappa shape index (κ2) is 5.18. The van der Waals surface area contributed by atoms with Crippen LogP contribution in [0.25, 0.3) is 5.69 Å². The monoisotopic (exact) mass is 234 g/mol. The summed E-state index contributed by atoms with van der Waals surface area (Å²) in [5.41, 5.74) is 2.34. The number of aromatic nitrogens is 2. The fourth-order valence-electron chi connectivity index (χ4n) is 1.44. The van der Waals surface area contributed by atoms with E-state index in [9.17, 15) is 0 Å². The number of nitrogens with zero attached hydrogens (tertiary/aromatic N) is 2. The lowest BCUT2D eigenvalue weighted by molar-refractivity contribution is 0.322. The van der Waals surface area contributed by atoms with E-state index in [1.165, 1.54) is 5.56 Å². The average Bonchev–Trinajstić information content (AvgIpc) is 2.75. The van der Waals surface area contributed by atoms with E-state index in [2.05, 4.69) is 36.2 Å². The fourth-order valence-corrected chi connectivity index (χ4v) is 2.15. The van der Waals surface area contributed by atoms with Crippen molar-refractivity contribution in [1.29, 1.82) is 0 Å². The van der Waals surface area contributed by atoms with Crippen LogP contribution in [0.5, 0.6) is 0 Å². The Kier molecular flexibility index (Phi) is 3.64. The molecule has 0 atom stereocenters. The van der Waals surface area contributed by atoms with Crippen LogP contribution in [0.4, 0.5) is 0 Å². The molecule has 0 unspecified atom stereocenters. The summed E-state index contributed by atoms with van der Waals surface area (Å²) in [6.45, 7) is 2.24. The minimum Gasteiger partial charge on any atom is -0.396 e. The summed E-state index contributed by atoms with van der Waals surface area (Å²) in [4.78, 5) is 4.27. The van der Waals surface area contributed by atoms with Crippen LogP contribution in [0, 0.1) is 6.92 Å². The van der Waals surface area contributed by atoms with E-state index >= 15 is 0 Å². The Bertz CT molecular complexity index is 450. The number of aliphatic hydroxyl groups excluding tert-OH is 1. The predicted octanol–water partition coefficient (Wildman–Crippen LogP) is 2.27. The maximum absolute atomic E-state index is 8.81. The quantitative estimate of drug-likeness (QED) is 0.825. The van der Waals surface area contributed by atoms with Crippen LogP contribution in [-0.2, 0) is 0 Å². The van der Waals surface area contributed by atoms with Crippen molar-refractivity contribution >= 4 is 11.8 Å². The van der Waals surface area contributed by atoms with Crippen LogP contribution >= 0.6 is 11.8 Å². The summed E-state index contributed by atoms with van der Waals surface area (Å²) in [5.74, 6) is 0.670. The molecule has 0 radical (unpaired) electrons. The van der Waals surface area contributed by atoms with Crippen LogP contribution in [0.1, 0.15) is 5.56 Å². The molecule has 1 aromatic heterocycles. The van der Waals surface area contributed by atoms with Crippen molar-refractivity contribution in [3.05, 3.63) is 42.2 Å². The number of thioether (sulfide) groups is 1. The van der Waals surface area contributed by atoms with Gasteiger partial charge in [0.25, 0.3) is 0 Å². The number of hydrogen-bond donors (Lipinski definition) is 1. The maximum Gasteiger partial charge on any atom is 0.172 e. The van der Waals surface area contributed by atoms with Crippen molar-refractivity contribution in [1.82, 2.24) is 9.55 Å². The second-order valence-electron chi connectivity index (χ2n) is 3.49. The van der Waals surface area contributed by atoms with Gasteiger partial charge in [0, 0.05) is 23.8 Å². The van der Waals surface area contributed by atoms with E-state index in [4.69, 9.17) is 5.11 Å². The normalized spacial score (nSPS) is 10.6. The van der Waals surface area contributed by atoms with Gasteiger partial charge >= 0.3 is 0 Å². The molecule has 0 bridgehead atoms. The van der Waals surface area contributed by atoms with Gasteiger partial charge in [-0.05, 0) is 19.1 Å². The van der Waals surface area contributed by atoms with Crippen molar-refractivity contribution < 1.29 is 5.11 Å². The summed E-state index contributed by atoms with van der Waals surface area (Å²) >= 11 is 1.55. The molecule has 16 heavy (non-hydrogen) atoms. The SMILES string of the molecule is Cc1ccc(-n2ccnc2SCCO)cc1. The molecule has 0 fully saturated rings. The molecule has 0 spiro atoms. The van der Waals surface area contributed by atoms with E-state index < -0.39 is 0 Å². The molecule has 1 aromatic carbocycles. The van der Waals surface area contributed by atoms with E-state index in [0.717, 1.165) is 10.8 Å². The van der Waals surface area contributed by atoms with Crippen LogP contribution in [0.3, 0.4) is 0 Å². The van der Waals surface area contributed by atoms with Gasteiger partial charge < -0.3 is 5.11 Å². The number of rotatable bonds is 4. The molecular weight excluding hydrogens is 220 g/mol. The standard InChI is InChI=1S/C12H14N2OS/c1-10-2-4-11(5-3-10)14-7-6-13-12(14)16-9-8-15/h2-7,15H,8-9H2,1H3. The summed E-state index contributed by atoms with van der Waals surface area (Å²) in [7, 11) is 0. The topological polar surface area (TPSA) is 38.0 Å². The van der Waals surface area contributed by atoms with Crippen molar-refractivity contribution in [3.63, 3.8) is 0 Å². The highest BCUT2D eigenvalue weighted by atomic mass is 32.2. The Labute approximate surface area is 99.1 Å². The van der Waals surface area contributed by atoms with Gasteiger partial charge in [0.1, 0.15) is 0 Å². The number of benzene rings is 1. The molecule has 2 rings (SSSR count). The van der Waals surface area contributed by atoms with Gasteiger partial charge in [0.2, 0.25) is 0 Å². The Morgan fingerprint density at radius 3 is 2.75 bits per heavy atom. The number of imidazole rings is 1. The zero-order chi connectivity index (χ0) is 11.4. The Morgan fingerprint density at radius 1 is 1.31 bits per heavy atom. The molecule has 0 saturated heterocycles. The molecule has 4 heteroatoms. The van der Waals surface area contributed by atoms with Crippen molar-refractivity contribution in [3.8, 4) is 5.69 Å². The zero-order valence-electron chi connectivity index (χ0n) is 9.13. The third-order valence-corrected chi connectivity index (χ3v) is 3.19. The summed E-state index contributed by atoms with van der Waals surface area (Å²) in [5, 5.41) is 9.72. The number of aliphatic hydroxyl groups is 1. The first-order valence-electron chi connectivity index (χ1n) is 5.15. The van der Waals surface area contributed by atoms with Crippen LogP contribution in [0.15, 0.2) is 41.8 Å². The molecule has 2 aromatic rings. The first kappa shape index (κ1) is 11.2. The van der Waals surface area contributed by atoms with Crippen molar-refractivity contribution in [2.45, 2.75) is 12.1 Å². The molecule has 0 amide bonds. The van der Waals surface area contributed by atoms with E-state index in [0.29, 0.717) is 5.75 Å². The molecular formula is C12H14N2OS. The number of aryl methyl sites for hydroxylation is 1. The van der Waals surface area contributed by atoms with E-state index in [1.807, 2.05) is 10.8 Å². The first-order chi connectivity index (χ1) is 7.81. The largest absolute Gasteiger partial charge is 0.396 e. The third kappa shape index (κ3) is 2.46. The van der Waals surface area contributed by atoms with Crippen LogP contribution in [0.2, 0.25) is 0 Å². The summed E-state index contributed by atoms with van der Waals surface area (Å²) < 4.78 is 2.03. The lowest BCUT2D eigenvalue weighted by atomic mass is 10.2. The van der Waals surface area contributed by atoms with Crippen LogP contribution in [-0.4, -0.2) is 27.0 Å². The molecule has 3 nitrogen and oxygen atoms in total. The maximum atomic E-state index is 8.81. The van der Waals surface area contributed by atoms with Gasteiger partial charge in [-0.1, -0.05) is 29.5 Å². The highest BCUT2D eigenvalue weighted by Crippen LogP contribution is 2.20. The van der Waals surface area contributed by atoms with E-state index in [-0.39, 0.29) is 6.61 Å².